The van der Waals surface area contributed by atoms with Crippen LogP contribution < -0.4 is 11.1 Å². The lowest BCUT2D eigenvalue weighted by Crippen LogP contribution is -2.33. The predicted molar refractivity (Wildman–Crippen MR) is 66.2 cm³/mol. The molecule has 0 saturated heterocycles. The fraction of sp³-hybridized carbons (Fsp3) is 0.538. The van der Waals surface area contributed by atoms with Crippen molar-refractivity contribution in [1.29, 1.82) is 0 Å². The zero-order chi connectivity index (χ0) is 12.6. The van der Waals surface area contributed by atoms with Crippen LogP contribution in [-0.2, 0) is 0 Å². The van der Waals surface area contributed by atoms with Gasteiger partial charge in [-0.3, -0.25) is 0 Å². The molecule has 0 unspecified atom stereocenters. The molecule has 0 atom stereocenters. The molecular formula is C13H18F2N2. The number of hydrogen-bond donors (Lipinski definition) is 2. The minimum atomic E-state index is -2.50. The zero-order valence-electron chi connectivity index (χ0n) is 10.1. The molecule has 3 N–H and O–H groups in total. The van der Waals surface area contributed by atoms with Gasteiger partial charge >= 0.3 is 0 Å². The van der Waals surface area contributed by atoms with E-state index in [1.165, 1.54) is 18.9 Å². The first-order valence-corrected chi connectivity index (χ1v) is 5.86. The van der Waals surface area contributed by atoms with E-state index in [0.29, 0.717) is 17.3 Å². The van der Waals surface area contributed by atoms with Crippen LogP contribution in [0.5, 0.6) is 0 Å². The molecule has 1 aliphatic carbocycles. The van der Waals surface area contributed by atoms with E-state index in [2.05, 4.69) is 19.2 Å². The number of alkyl halides is 2. The summed E-state index contributed by atoms with van der Waals surface area (Å²) in [5.74, 6) is 0.575. The zero-order valence-corrected chi connectivity index (χ0v) is 10.1. The molecule has 0 radical (unpaired) electrons. The Kier molecular flexibility index (Phi) is 2.98. The third kappa shape index (κ3) is 2.68. The highest BCUT2D eigenvalue weighted by Gasteiger charge is 2.38. The number of anilines is 2. The minimum absolute atomic E-state index is 0.0151. The maximum absolute atomic E-state index is 12.9. The van der Waals surface area contributed by atoms with Gasteiger partial charge in [0.2, 0.25) is 0 Å². The molecule has 0 aromatic heterocycles. The van der Waals surface area contributed by atoms with Gasteiger partial charge in [0.05, 0.1) is 0 Å². The standard InChI is InChI=1S/C13H18F2N2/c1-13(2,8-3-4-8)17-11-6-5-9(16)7-10(11)12(14)15/h5-8,12,17H,3-4,16H2,1-2H3. The SMILES string of the molecule is CC(C)(Nc1ccc(N)cc1C(F)F)C1CC1. The van der Waals surface area contributed by atoms with E-state index in [-0.39, 0.29) is 11.1 Å². The summed E-state index contributed by atoms with van der Waals surface area (Å²) >= 11 is 0. The fourth-order valence-electron chi connectivity index (χ4n) is 2.13. The average Bonchev–Trinajstić information content (AvgIpc) is 3.03. The van der Waals surface area contributed by atoms with E-state index in [9.17, 15) is 8.78 Å². The normalized spacial score (nSPS) is 16.3. The number of rotatable bonds is 4. The highest BCUT2D eigenvalue weighted by Crippen LogP contribution is 2.42. The van der Waals surface area contributed by atoms with Crippen LogP contribution >= 0.6 is 0 Å². The smallest absolute Gasteiger partial charge is 0.265 e. The van der Waals surface area contributed by atoms with Gasteiger partial charge in [-0.25, -0.2) is 8.78 Å². The first-order valence-electron chi connectivity index (χ1n) is 5.86. The summed E-state index contributed by atoms with van der Waals surface area (Å²) in [5.41, 5.74) is 6.25. The van der Waals surface area contributed by atoms with Crippen molar-refractivity contribution in [3.05, 3.63) is 23.8 Å². The van der Waals surface area contributed by atoms with Crippen molar-refractivity contribution in [3.63, 3.8) is 0 Å². The van der Waals surface area contributed by atoms with Crippen molar-refractivity contribution in [1.82, 2.24) is 0 Å². The van der Waals surface area contributed by atoms with Crippen LogP contribution in [0.2, 0.25) is 0 Å². The van der Waals surface area contributed by atoms with Gasteiger partial charge in [-0.15, -0.1) is 0 Å². The Hall–Kier alpha value is -1.32. The van der Waals surface area contributed by atoms with Gasteiger partial charge in [-0.05, 0) is 50.8 Å². The third-order valence-corrected chi connectivity index (χ3v) is 3.37. The summed E-state index contributed by atoms with van der Waals surface area (Å²) in [5, 5.41) is 3.22. The Balaban J connectivity index is 2.25. The molecule has 4 heteroatoms. The second-order valence-electron chi connectivity index (χ2n) is 5.27. The number of nitrogens with two attached hydrogens (primary N) is 1. The van der Waals surface area contributed by atoms with Crippen LogP contribution in [0, 0.1) is 5.92 Å². The molecule has 1 aliphatic rings. The van der Waals surface area contributed by atoms with E-state index < -0.39 is 6.43 Å². The lowest BCUT2D eigenvalue weighted by atomic mass is 9.97. The second kappa shape index (κ2) is 4.17. The number of benzene rings is 1. The summed E-state index contributed by atoms with van der Waals surface area (Å²) in [6.45, 7) is 4.10. The van der Waals surface area contributed by atoms with Crippen LogP contribution in [0.3, 0.4) is 0 Å². The minimum Gasteiger partial charge on any atom is -0.399 e. The molecule has 1 fully saturated rings. The van der Waals surface area contributed by atoms with Gasteiger partial charge in [-0.2, -0.15) is 0 Å². The van der Waals surface area contributed by atoms with Gasteiger partial charge in [0, 0.05) is 22.5 Å². The largest absolute Gasteiger partial charge is 0.399 e. The average molecular weight is 240 g/mol. The van der Waals surface area contributed by atoms with Crippen molar-refractivity contribution in [3.8, 4) is 0 Å². The first kappa shape index (κ1) is 12.1. The van der Waals surface area contributed by atoms with Gasteiger partial charge in [-0.1, -0.05) is 0 Å². The Morgan fingerprint density at radius 3 is 2.53 bits per heavy atom. The predicted octanol–water partition coefficient (Wildman–Crippen LogP) is 3.81. The van der Waals surface area contributed by atoms with Gasteiger partial charge in [0.25, 0.3) is 6.43 Å². The monoisotopic (exact) mass is 240 g/mol. The maximum atomic E-state index is 12.9. The second-order valence-corrected chi connectivity index (χ2v) is 5.27. The molecule has 0 spiro atoms. The molecule has 17 heavy (non-hydrogen) atoms. The Labute approximate surface area is 100 Å². The van der Waals surface area contributed by atoms with Gasteiger partial charge in [0.1, 0.15) is 0 Å². The van der Waals surface area contributed by atoms with Crippen LogP contribution in [0.1, 0.15) is 38.7 Å². The van der Waals surface area contributed by atoms with Crippen LogP contribution in [0.25, 0.3) is 0 Å². The highest BCUT2D eigenvalue weighted by atomic mass is 19.3. The summed E-state index contributed by atoms with van der Waals surface area (Å²) < 4.78 is 25.8. The summed E-state index contributed by atoms with van der Waals surface area (Å²) in [6, 6.07) is 4.63. The Morgan fingerprint density at radius 2 is 2.00 bits per heavy atom. The molecular weight excluding hydrogens is 222 g/mol. The summed E-state index contributed by atoms with van der Waals surface area (Å²) in [4.78, 5) is 0. The van der Waals surface area contributed by atoms with E-state index in [1.54, 1.807) is 12.1 Å². The van der Waals surface area contributed by atoms with Crippen molar-refractivity contribution in [2.75, 3.05) is 11.1 Å². The number of nitrogen functional groups attached to an aromatic ring is 1. The third-order valence-electron chi connectivity index (χ3n) is 3.37. The van der Waals surface area contributed by atoms with Crippen LogP contribution in [0.4, 0.5) is 20.2 Å². The number of halogens is 2. The molecule has 1 aromatic carbocycles. The summed E-state index contributed by atoms with van der Waals surface area (Å²) in [6.07, 6.45) is -0.172. The molecule has 0 bridgehead atoms. The quantitative estimate of drug-likeness (QED) is 0.785. The molecule has 1 aromatic rings. The van der Waals surface area contributed by atoms with Crippen molar-refractivity contribution >= 4 is 11.4 Å². The molecule has 0 amide bonds. The highest BCUT2D eigenvalue weighted by molar-refractivity contribution is 5.59. The molecule has 0 aliphatic heterocycles. The van der Waals surface area contributed by atoms with E-state index in [4.69, 9.17) is 5.73 Å². The molecule has 1 saturated carbocycles. The van der Waals surface area contributed by atoms with Crippen LogP contribution in [-0.4, -0.2) is 5.54 Å². The molecule has 94 valence electrons. The summed E-state index contributed by atoms with van der Waals surface area (Å²) in [7, 11) is 0. The van der Waals surface area contributed by atoms with Crippen molar-refractivity contribution < 1.29 is 8.78 Å². The Bertz CT molecular complexity index is 412. The number of hydrogen-bond acceptors (Lipinski definition) is 2. The lowest BCUT2D eigenvalue weighted by Gasteiger charge is -2.29. The first-order chi connectivity index (χ1) is 7.90. The van der Waals surface area contributed by atoms with Gasteiger partial charge < -0.3 is 11.1 Å². The molecule has 2 nitrogen and oxygen atoms in total. The number of nitrogens with one attached hydrogen (secondary N) is 1. The molecule has 0 heterocycles. The van der Waals surface area contributed by atoms with Crippen molar-refractivity contribution in [2.24, 2.45) is 5.92 Å². The fourth-order valence-corrected chi connectivity index (χ4v) is 2.13. The maximum Gasteiger partial charge on any atom is 0.265 e. The molecule has 2 rings (SSSR count). The Morgan fingerprint density at radius 1 is 1.35 bits per heavy atom. The van der Waals surface area contributed by atoms with E-state index in [1.807, 2.05) is 0 Å². The van der Waals surface area contributed by atoms with Gasteiger partial charge in [0.15, 0.2) is 0 Å². The van der Waals surface area contributed by atoms with E-state index >= 15 is 0 Å². The van der Waals surface area contributed by atoms with Crippen LogP contribution in [0.15, 0.2) is 18.2 Å². The van der Waals surface area contributed by atoms with Crippen molar-refractivity contribution in [2.45, 2.75) is 38.7 Å². The lowest BCUT2D eigenvalue weighted by molar-refractivity contribution is 0.152. The van der Waals surface area contributed by atoms with E-state index in [0.717, 1.165) is 0 Å². The topological polar surface area (TPSA) is 38.0 Å².